The average Bonchev–Trinajstić information content (AvgIpc) is 3.12. The fraction of sp³-hybridized carbons (Fsp3) is 0.429. The lowest BCUT2D eigenvalue weighted by Gasteiger charge is -2.32. The number of ether oxygens (including phenoxy) is 3. The Morgan fingerprint density at radius 2 is 2.00 bits per heavy atom. The minimum Gasteiger partial charge on any atom is -0.491 e. The molecule has 0 spiro atoms. The third-order valence-corrected chi connectivity index (χ3v) is 4.49. The van der Waals surface area contributed by atoms with Crippen molar-refractivity contribution in [1.29, 1.82) is 0 Å². The summed E-state index contributed by atoms with van der Waals surface area (Å²) in [6, 6.07) is 7.86. The lowest BCUT2D eigenvalue weighted by molar-refractivity contribution is -0.142. The van der Waals surface area contributed by atoms with Gasteiger partial charge < -0.3 is 18.6 Å². The molecule has 1 aliphatic heterocycles. The van der Waals surface area contributed by atoms with E-state index >= 15 is 0 Å². The smallest absolute Gasteiger partial charge is 0.303 e. The number of benzene rings is 1. The van der Waals surface area contributed by atoms with Gasteiger partial charge in [0.1, 0.15) is 42.4 Å². The SMILES string of the molecule is CC(=O)OCc1ccc(CN2CCOC(COc3ccc(C(C)=O)c(F)c3)C2)o1. The van der Waals surface area contributed by atoms with Crippen molar-refractivity contribution in [2.45, 2.75) is 33.1 Å². The summed E-state index contributed by atoms with van der Waals surface area (Å²) in [6.45, 7) is 5.59. The Morgan fingerprint density at radius 1 is 1.21 bits per heavy atom. The van der Waals surface area contributed by atoms with E-state index in [1.807, 2.05) is 6.07 Å². The summed E-state index contributed by atoms with van der Waals surface area (Å²) < 4.78 is 35.9. The molecule has 0 amide bonds. The molecule has 1 fully saturated rings. The monoisotopic (exact) mass is 405 g/mol. The van der Waals surface area contributed by atoms with Crippen LogP contribution in [0.2, 0.25) is 0 Å². The molecule has 7 nitrogen and oxygen atoms in total. The second kappa shape index (κ2) is 9.67. The molecule has 29 heavy (non-hydrogen) atoms. The largest absolute Gasteiger partial charge is 0.491 e. The highest BCUT2D eigenvalue weighted by Gasteiger charge is 2.22. The van der Waals surface area contributed by atoms with Gasteiger partial charge in [0.05, 0.1) is 18.7 Å². The first kappa shape index (κ1) is 21.0. The maximum Gasteiger partial charge on any atom is 0.303 e. The van der Waals surface area contributed by atoms with Gasteiger partial charge >= 0.3 is 5.97 Å². The molecule has 1 saturated heterocycles. The zero-order chi connectivity index (χ0) is 20.8. The molecule has 0 N–H and O–H groups in total. The number of rotatable bonds is 8. The maximum absolute atomic E-state index is 13.9. The molecule has 0 bridgehead atoms. The summed E-state index contributed by atoms with van der Waals surface area (Å²) >= 11 is 0. The lowest BCUT2D eigenvalue weighted by atomic mass is 10.1. The number of carbonyl (C=O) groups is 2. The Morgan fingerprint density at radius 3 is 2.72 bits per heavy atom. The van der Waals surface area contributed by atoms with Crippen LogP contribution in [0, 0.1) is 5.82 Å². The third-order valence-electron chi connectivity index (χ3n) is 4.49. The Balaban J connectivity index is 1.49. The molecule has 156 valence electrons. The number of furan rings is 1. The minimum absolute atomic E-state index is 0.0453. The summed E-state index contributed by atoms with van der Waals surface area (Å²) in [5.41, 5.74) is 0.0453. The van der Waals surface area contributed by atoms with Crippen molar-refractivity contribution in [3.8, 4) is 5.75 Å². The van der Waals surface area contributed by atoms with Crippen molar-refractivity contribution in [2.24, 2.45) is 0 Å². The summed E-state index contributed by atoms with van der Waals surface area (Å²) in [5, 5.41) is 0. The molecule has 2 heterocycles. The molecule has 3 rings (SSSR count). The average molecular weight is 405 g/mol. The molecule has 0 saturated carbocycles. The topological polar surface area (TPSA) is 78.2 Å². The molecule has 1 aromatic carbocycles. The molecule has 1 aliphatic rings. The van der Waals surface area contributed by atoms with Gasteiger partial charge in [0.2, 0.25) is 0 Å². The quantitative estimate of drug-likeness (QED) is 0.494. The van der Waals surface area contributed by atoms with Gasteiger partial charge in [-0.1, -0.05) is 0 Å². The Hall–Kier alpha value is -2.71. The second-order valence-corrected chi connectivity index (χ2v) is 6.89. The number of esters is 1. The molecule has 8 heteroatoms. The number of hydrogen-bond acceptors (Lipinski definition) is 7. The van der Waals surface area contributed by atoms with Crippen molar-refractivity contribution in [3.63, 3.8) is 0 Å². The number of nitrogens with zero attached hydrogens (tertiary/aromatic N) is 1. The van der Waals surface area contributed by atoms with Gasteiger partial charge in [-0.25, -0.2) is 4.39 Å². The number of ketones is 1. The van der Waals surface area contributed by atoms with Gasteiger partial charge in [0, 0.05) is 26.1 Å². The van der Waals surface area contributed by atoms with Crippen LogP contribution in [0.4, 0.5) is 4.39 Å². The first-order valence-electron chi connectivity index (χ1n) is 9.39. The van der Waals surface area contributed by atoms with E-state index in [0.29, 0.717) is 31.2 Å². The van der Waals surface area contributed by atoms with Gasteiger partial charge in [0.15, 0.2) is 5.78 Å². The van der Waals surface area contributed by atoms with Crippen molar-refractivity contribution < 1.29 is 32.6 Å². The van der Waals surface area contributed by atoms with Crippen molar-refractivity contribution in [2.75, 3.05) is 26.3 Å². The van der Waals surface area contributed by atoms with Crippen LogP contribution in [0.1, 0.15) is 35.7 Å². The summed E-state index contributed by atoms with van der Waals surface area (Å²) in [5.74, 6) is 0.456. The van der Waals surface area contributed by atoms with Crippen molar-refractivity contribution >= 4 is 11.8 Å². The van der Waals surface area contributed by atoms with Gasteiger partial charge in [-0.3, -0.25) is 14.5 Å². The number of carbonyl (C=O) groups excluding carboxylic acids is 2. The fourth-order valence-corrected chi connectivity index (χ4v) is 3.06. The molecule has 1 atom stereocenters. The number of Topliss-reactive ketones (excluding diaryl/α,β-unsaturated/α-hetero) is 1. The van der Waals surface area contributed by atoms with E-state index in [0.717, 1.165) is 12.3 Å². The highest BCUT2D eigenvalue weighted by atomic mass is 19.1. The molecule has 0 aliphatic carbocycles. The fourth-order valence-electron chi connectivity index (χ4n) is 3.06. The Kier molecular flexibility index (Phi) is 7.00. The molecular formula is C21H24FNO6. The summed E-state index contributed by atoms with van der Waals surface area (Å²) in [6.07, 6.45) is -0.172. The Labute approximate surface area is 168 Å². The molecule has 1 unspecified atom stereocenters. The molecular weight excluding hydrogens is 381 g/mol. The normalized spacial score (nSPS) is 17.1. The predicted octanol–water partition coefficient (Wildman–Crippen LogP) is 2.96. The van der Waals surface area contributed by atoms with E-state index in [1.165, 1.54) is 26.0 Å². The van der Waals surface area contributed by atoms with Crippen molar-refractivity contribution in [3.05, 3.63) is 53.2 Å². The van der Waals surface area contributed by atoms with Gasteiger partial charge in [0.25, 0.3) is 0 Å². The lowest BCUT2D eigenvalue weighted by Crippen LogP contribution is -2.44. The summed E-state index contributed by atoms with van der Waals surface area (Å²) in [7, 11) is 0. The van der Waals surface area contributed by atoms with Gasteiger partial charge in [-0.05, 0) is 31.2 Å². The minimum atomic E-state index is -0.594. The van der Waals surface area contributed by atoms with Crippen LogP contribution in [-0.4, -0.2) is 49.1 Å². The second-order valence-electron chi connectivity index (χ2n) is 6.89. The van der Waals surface area contributed by atoms with Crippen LogP contribution in [0.3, 0.4) is 0 Å². The maximum atomic E-state index is 13.9. The van der Waals surface area contributed by atoms with Crippen LogP contribution in [0.25, 0.3) is 0 Å². The zero-order valence-electron chi connectivity index (χ0n) is 16.5. The van der Waals surface area contributed by atoms with Crippen LogP contribution in [-0.2, 0) is 27.4 Å². The molecule has 0 radical (unpaired) electrons. The number of morpholine rings is 1. The highest BCUT2D eigenvalue weighted by molar-refractivity contribution is 5.94. The first-order valence-corrected chi connectivity index (χ1v) is 9.39. The van der Waals surface area contributed by atoms with Crippen LogP contribution >= 0.6 is 0 Å². The van der Waals surface area contributed by atoms with E-state index in [4.69, 9.17) is 18.6 Å². The third kappa shape index (κ3) is 6.13. The van der Waals surface area contributed by atoms with Crippen LogP contribution < -0.4 is 4.74 Å². The summed E-state index contributed by atoms with van der Waals surface area (Å²) in [4.78, 5) is 24.3. The van der Waals surface area contributed by atoms with E-state index in [-0.39, 0.29) is 36.6 Å². The molecule has 2 aromatic rings. The zero-order valence-corrected chi connectivity index (χ0v) is 16.5. The van der Waals surface area contributed by atoms with E-state index in [2.05, 4.69) is 4.90 Å². The number of hydrogen-bond donors (Lipinski definition) is 0. The molecule has 1 aromatic heterocycles. The van der Waals surface area contributed by atoms with Crippen molar-refractivity contribution in [1.82, 2.24) is 4.90 Å². The van der Waals surface area contributed by atoms with Gasteiger partial charge in [-0.15, -0.1) is 0 Å². The van der Waals surface area contributed by atoms with Crippen LogP contribution in [0.5, 0.6) is 5.75 Å². The van der Waals surface area contributed by atoms with Gasteiger partial charge in [-0.2, -0.15) is 0 Å². The van der Waals surface area contributed by atoms with Crippen LogP contribution in [0.15, 0.2) is 34.7 Å². The van der Waals surface area contributed by atoms with E-state index in [9.17, 15) is 14.0 Å². The Bertz CT molecular complexity index is 865. The van der Waals surface area contributed by atoms with E-state index in [1.54, 1.807) is 12.1 Å². The standard InChI is InChI=1S/C21H24FNO6/c1-14(24)20-6-5-16(9-21(20)22)28-13-19-11-23(7-8-26-19)10-17-3-4-18(29-17)12-27-15(2)25/h3-6,9,19H,7-8,10-13H2,1-2H3. The predicted molar refractivity (Wildman–Crippen MR) is 101 cm³/mol. The highest BCUT2D eigenvalue weighted by Crippen LogP contribution is 2.19. The number of halogens is 1. The first-order chi connectivity index (χ1) is 13.9. The van der Waals surface area contributed by atoms with E-state index < -0.39 is 5.82 Å².